The normalized spacial score (nSPS) is 10.9. The Morgan fingerprint density at radius 1 is 1.08 bits per heavy atom. The van der Waals surface area contributed by atoms with Crippen LogP contribution in [-0.4, -0.2) is 14.0 Å². The molecule has 0 amide bonds. The molecular weight excluding hydrogens is 328 g/mol. The molecule has 3 aromatic heterocycles. The molecule has 0 unspecified atom stereocenters. The van der Waals surface area contributed by atoms with Gasteiger partial charge in [-0.15, -0.1) is 0 Å². The van der Waals surface area contributed by atoms with Gasteiger partial charge in [-0.05, 0) is 42.3 Å². The Balaban J connectivity index is 2.19. The molecule has 4 aromatic rings. The summed E-state index contributed by atoms with van der Waals surface area (Å²) in [6.45, 7) is 2.04. The minimum atomic E-state index is -0.489. The van der Waals surface area contributed by atoms with Crippen LogP contribution in [-0.2, 0) is 6.42 Å². The van der Waals surface area contributed by atoms with E-state index in [1.165, 1.54) is 15.0 Å². The Hall–Kier alpha value is -3.72. The Morgan fingerprint density at radius 3 is 2.54 bits per heavy atom. The summed E-state index contributed by atoms with van der Waals surface area (Å²) in [4.78, 5) is 30.2. The van der Waals surface area contributed by atoms with E-state index < -0.39 is 5.56 Å². The van der Waals surface area contributed by atoms with Crippen molar-refractivity contribution in [2.75, 3.05) is 0 Å². The molecule has 0 aliphatic heterocycles. The summed E-state index contributed by atoms with van der Waals surface area (Å²) in [5.74, 6) is 0. The lowest BCUT2D eigenvalue weighted by atomic mass is 10.1. The zero-order valence-corrected chi connectivity index (χ0v) is 14.0. The Morgan fingerprint density at radius 2 is 1.85 bits per heavy atom. The maximum absolute atomic E-state index is 12.8. The molecule has 4 rings (SSSR count). The van der Waals surface area contributed by atoms with Crippen LogP contribution in [0.4, 0.5) is 0 Å². The van der Waals surface area contributed by atoms with Crippen LogP contribution in [0.25, 0.3) is 22.4 Å². The Labute approximate surface area is 148 Å². The number of aromatic nitrogens is 3. The summed E-state index contributed by atoms with van der Waals surface area (Å²) in [6, 6.07) is 15.8. The third-order valence-corrected chi connectivity index (χ3v) is 4.41. The number of nitriles is 1. The Kier molecular flexibility index (Phi) is 3.63. The minimum absolute atomic E-state index is 0.0909. The number of pyridine rings is 2. The fraction of sp³-hybridized carbons (Fsp3) is 0.100. The molecule has 0 spiro atoms. The SMILES string of the molecule is CCc1ccc(-n2c(=O)c(C#N)cc3c(=O)n4ccccc4nc32)cc1. The van der Waals surface area contributed by atoms with Gasteiger partial charge >= 0.3 is 0 Å². The van der Waals surface area contributed by atoms with E-state index in [-0.39, 0.29) is 22.2 Å². The van der Waals surface area contributed by atoms with E-state index in [1.807, 2.05) is 25.1 Å². The zero-order valence-electron chi connectivity index (χ0n) is 14.0. The van der Waals surface area contributed by atoms with E-state index in [9.17, 15) is 14.9 Å². The largest absolute Gasteiger partial charge is 0.274 e. The van der Waals surface area contributed by atoms with Gasteiger partial charge in [0, 0.05) is 6.20 Å². The number of benzene rings is 1. The number of nitrogens with zero attached hydrogens (tertiary/aromatic N) is 4. The molecule has 6 nitrogen and oxygen atoms in total. The van der Waals surface area contributed by atoms with Gasteiger partial charge in [0.15, 0.2) is 5.65 Å². The molecule has 0 aliphatic rings. The molecular formula is C20H14N4O2. The molecule has 0 aliphatic carbocycles. The number of rotatable bonds is 2. The highest BCUT2D eigenvalue weighted by atomic mass is 16.1. The van der Waals surface area contributed by atoms with Crippen LogP contribution in [0.2, 0.25) is 0 Å². The minimum Gasteiger partial charge on any atom is -0.268 e. The second-order valence-corrected chi connectivity index (χ2v) is 5.91. The average molecular weight is 342 g/mol. The standard InChI is InChI=1S/C20H14N4O2/c1-2-13-6-8-15(9-7-13)24-18-16(11-14(12-21)19(24)25)20(26)23-10-4-3-5-17(23)22-18/h3-11H,2H2,1H3. The quantitative estimate of drug-likeness (QED) is 0.524. The molecule has 3 heterocycles. The first-order valence-corrected chi connectivity index (χ1v) is 8.20. The fourth-order valence-electron chi connectivity index (χ4n) is 3.01. The third-order valence-electron chi connectivity index (χ3n) is 4.41. The van der Waals surface area contributed by atoms with Crippen molar-refractivity contribution >= 4 is 16.7 Å². The van der Waals surface area contributed by atoms with Gasteiger partial charge in [-0.2, -0.15) is 5.26 Å². The van der Waals surface area contributed by atoms with Gasteiger partial charge in [0.2, 0.25) is 0 Å². The maximum atomic E-state index is 12.8. The van der Waals surface area contributed by atoms with E-state index in [0.717, 1.165) is 12.0 Å². The van der Waals surface area contributed by atoms with E-state index in [1.54, 1.807) is 36.5 Å². The highest BCUT2D eigenvalue weighted by Gasteiger charge is 2.16. The van der Waals surface area contributed by atoms with Crippen molar-refractivity contribution < 1.29 is 0 Å². The zero-order chi connectivity index (χ0) is 18.3. The van der Waals surface area contributed by atoms with Crippen molar-refractivity contribution in [1.82, 2.24) is 14.0 Å². The van der Waals surface area contributed by atoms with Crippen molar-refractivity contribution in [3.8, 4) is 11.8 Å². The van der Waals surface area contributed by atoms with Gasteiger partial charge in [-0.25, -0.2) is 4.98 Å². The molecule has 1 aromatic carbocycles. The maximum Gasteiger partial charge on any atom is 0.274 e. The van der Waals surface area contributed by atoms with E-state index in [4.69, 9.17) is 0 Å². The average Bonchev–Trinajstić information content (AvgIpc) is 2.68. The summed E-state index contributed by atoms with van der Waals surface area (Å²) in [5.41, 5.74) is 1.48. The molecule has 0 saturated heterocycles. The van der Waals surface area contributed by atoms with Crippen molar-refractivity contribution in [3.05, 3.63) is 86.6 Å². The lowest BCUT2D eigenvalue weighted by Crippen LogP contribution is -2.26. The van der Waals surface area contributed by atoms with Gasteiger partial charge < -0.3 is 0 Å². The summed E-state index contributed by atoms with van der Waals surface area (Å²) < 4.78 is 2.74. The lowest BCUT2D eigenvalue weighted by Gasteiger charge is -2.12. The summed E-state index contributed by atoms with van der Waals surface area (Å²) >= 11 is 0. The van der Waals surface area contributed by atoms with Gasteiger partial charge in [0.25, 0.3) is 11.1 Å². The second kappa shape index (κ2) is 5.97. The number of hydrogen-bond donors (Lipinski definition) is 0. The molecule has 6 heteroatoms. The first kappa shape index (κ1) is 15.8. The molecule has 0 N–H and O–H groups in total. The van der Waals surface area contributed by atoms with Gasteiger partial charge in [-0.1, -0.05) is 25.1 Å². The van der Waals surface area contributed by atoms with Crippen LogP contribution in [0.3, 0.4) is 0 Å². The molecule has 0 saturated carbocycles. The fourth-order valence-corrected chi connectivity index (χ4v) is 3.01. The van der Waals surface area contributed by atoms with E-state index in [0.29, 0.717) is 11.3 Å². The van der Waals surface area contributed by atoms with Crippen LogP contribution < -0.4 is 11.1 Å². The van der Waals surface area contributed by atoms with Crippen molar-refractivity contribution in [2.24, 2.45) is 0 Å². The van der Waals surface area contributed by atoms with Crippen LogP contribution in [0.5, 0.6) is 0 Å². The van der Waals surface area contributed by atoms with Gasteiger partial charge in [-0.3, -0.25) is 18.6 Å². The van der Waals surface area contributed by atoms with Crippen LogP contribution in [0, 0.1) is 11.3 Å². The first-order chi connectivity index (χ1) is 12.6. The van der Waals surface area contributed by atoms with E-state index in [2.05, 4.69) is 4.98 Å². The number of fused-ring (bicyclic) bond motifs is 2. The molecule has 0 atom stereocenters. The lowest BCUT2D eigenvalue weighted by molar-refractivity contribution is 0.981. The van der Waals surface area contributed by atoms with Crippen LogP contribution in [0.15, 0.2) is 64.3 Å². The summed E-state index contributed by atoms with van der Waals surface area (Å²) in [6.07, 6.45) is 2.49. The van der Waals surface area contributed by atoms with Gasteiger partial charge in [0.1, 0.15) is 17.3 Å². The second-order valence-electron chi connectivity index (χ2n) is 5.91. The first-order valence-electron chi connectivity index (χ1n) is 8.20. The number of hydrogen-bond acceptors (Lipinski definition) is 4. The summed E-state index contributed by atoms with van der Waals surface area (Å²) in [5, 5.41) is 9.57. The molecule has 0 bridgehead atoms. The molecule has 126 valence electrons. The van der Waals surface area contributed by atoms with Crippen LogP contribution >= 0.6 is 0 Å². The highest BCUT2D eigenvalue weighted by molar-refractivity contribution is 5.79. The van der Waals surface area contributed by atoms with Crippen molar-refractivity contribution in [3.63, 3.8) is 0 Å². The molecule has 26 heavy (non-hydrogen) atoms. The predicted molar refractivity (Wildman–Crippen MR) is 98.7 cm³/mol. The van der Waals surface area contributed by atoms with Crippen molar-refractivity contribution in [2.45, 2.75) is 13.3 Å². The van der Waals surface area contributed by atoms with Crippen molar-refractivity contribution in [1.29, 1.82) is 5.26 Å². The monoisotopic (exact) mass is 342 g/mol. The van der Waals surface area contributed by atoms with E-state index >= 15 is 0 Å². The third kappa shape index (κ3) is 2.30. The predicted octanol–water partition coefficient (Wildman–Crippen LogP) is 2.43. The number of aryl methyl sites for hydroxylation is 1. The van der Waals surface area contributed by atoms with Crippen LogP contribution in [0.1, 0.15) is 18.1 Å². The molecule has 0 radical (unpaired) electrons. The Bertz CT molecular complexity index is 1310. The highest BCUT2D eigenvalue weighted by Crippen LogP contribution is 2.16. The topological polar surface area (TPSA) is 80.2 Å². The van der Waals surface area contributed by atoms with Gasteiger partial charge in [0.05, 0.1) is 11.1 Å². The molecule has 0 fully saturated rings. The summed E-state index contributed by atoms with van der Waals surface area (Å²) in [7, 11) is 0. The smallest absolute Gasteiger partial charge is 0.268 e.